The van der Waals surface area contributed by atoms with Gasteiger partial charge in [0.1, 0.15) is 0 Å². The number of alkyl halides is 3. The van der Waals surface area contributed by atoms with Gasteiger partial charge in [-0.15, -0.1) is 0 Å². The highest BCUT2D eigenvalue weighted by Gasteiger charge is 2.31. The zero-order valence-corrected chi connectivity index (χ0v) is 26.5. The average molecular weight is 669 g/mol. The number of fused-ring (bicyclic) bond motifs is 1. The molecule has 0 aliphatic rings. The Kier molecular flexibility index (Phi) is 8.43. The lowest BCUT2D eigenvalue weighted by Gasteiger charge is -2.15. The molecule has 0 unspecified atom stereocenters. The van der Waals surface area contributed by atoms with E-state index in [1.54, 1.807) is 36.4 Å². The molecule has 10 heteroatoms. The van der Waals surface area contributed by atoms with E-state index in [0.29, 0.717) is 16.6 Å². The second-order valence-corrected chi connectivity index (χ2v) is 11.3. The van der Waals surface area contributed by atoms with E-state index in [1.165, 1.54) is 25.5 Å². The van der Waals surface area contributed by atoms with E-state index in [9.17, 15) is 22.8 Å². The Morgan fingerprint density at radius 2 is 1.40 bits per heavy atom. The van der Waals surface area contributed by atoms with Crippen molar-refractivity contribution in [3.63, 3.8) is 0 Å². The van der Waals surface area contributed by atoms with Crippen LogP contribution in [0.3, 0.4) is 0 Å². The standard InChI is InChI=1S/C40H27F3N4O3/c1-50-39(49)28-19-21-32(22-20-28)46-35(26-11-4-2-5-12-26)24-30(36(46)27-13-6-3-7-14-27)25-44-47-37(29-15-10-16-31(23-29)40(41,42)43)45-34-18-9-8-17-33(34)38(47)48/h2-25H,1H3. The van der Waals surface area contributed by atoms with E-state index in [-0.39, 0.29) is 16.8 Å². The van der Waals surface area contributed by atoms with E-state index in [2.05, 4.69) is 10.1 Å². The Bertz CT molecular complexity index is 2430. The van der Waals surface area contributed by atoms with E-state index in [4.69, 9.17) is 4.74 Å². The number of esters is 1. The zero-order valence-electron chi connectivity index (χ0n) is 26.5. The highest BCUT2D eigenvalue weighted by Crippen LogP contribution is 2.36. The number of hydrogen-bond acceptors (Lipinski definition) is 5. The third-order valence-electron chi connectivity index (χ3n) is 8.21. The zero-order chi connectivity index (χ0) is 34.8. The van der Waals surface area contributed by atoms with E-state index in [0.717, 1.165) is 45.0 Å². The molecule has 0 aliphatic heterocycles. The third kappa shape index (κ3) is 6.10. The molecule has 0 spiro atoms. The molecule has 0 amide bonds. The number of hydrogen-bond donors (Lipinski definition) is 0. The number of halogens is 3. The van der Waals surface area contributed by atoms with Gasteiger partial charge in [0.05, 0.1) is 46.7 Å². The van der Waals surface area contributed by atoms with Gasteiger partial charge in [0.2, 0.25) is 0 Å². The number of carbonyl (C=O) groups excluding carboxylic acids is 1. The lowest BCUT2D eigenvalue weighted by atomic mass is 10.1. The maximum atomic E-state index is 14.0. The number of rotatable bonds is 7. The Hall–Kier alpha value is -6.55. The lowest BCUT2D eigenvalue weighted by Crippen LogP contribution is -2.20. The highest BCUT2D eigenvalue weighted by molar-refractivity contribution is 5.94. The molecule has 0 saturated carbocycles. The number of carbonyl (C=O) groups is 1. The van der Waals surface area contributed by atoms with Crippen molar-refractivity contribution in [2.24, 2.45) is 5.10 Å². The summed E-state index contributed by atoms with van der Waals surface area (Å²) in [6.07, 6.45) is -3.08. The number of benzene rings is 5. The summed E-state index contributed by atoms with van der Waals surface area (Å²) >= 11 is 0. The Morgan fingerprint density at radius 1 is 0.760 bits per heavy atom. The topological polar surface area (TPSA) is 78.5 Å². The van der Waals surface area contributed by atoms with Crippen LogP contribution < -0.4 is 5.56 Å². The Morgan fingerprint density at radius 3 is 2.08 bits per heavy atom. The van der Waals surface area contributed by atoms with Gasteiger partial charge >= 0.3 is 12.1 Å². The molecule has 50 heavy (non-hydrogen) atoms. The Balaban J connectivity index is 1.48. The van der Waals surface area contributed by atoms with Crippen LogP contribution in [0.5, 0.6) is 0 Å². The Labute approximate surface area is 284 Å². The first-order valence-electron chi connectivity index (χ1n) is 15.5. The fourth-order valence-electron chi connectivity index (χ4n) is 5.85. The van der Waals surface area contributed by atoms with Gasteiger partial charge in [0.15, 0.2) is 5.82 Å². The molecule has 0 bridgehead atoms. The molecule has 246 valence electrons. The normalized spacial score (nSPS) is 11.7. The van der Waals surface area contributed by atoms with Crippen molar-refractivity contribution in [3.8, 4) is 39.6 Å². The van der Waals surface area contributed by atoms with Gasteiger partial charge in [-0.2, -0.15) is 22.9 Å². The molecular weight excluding hydrogens is 641 g/mol. The smallest absolute Gasteiger partial charge is 0.416 e. The molecule has 0 aliphatic carbocycles. The second kappa shape index (κ2) is 13.2. The first kappa shape index (κ1) is 32.0. The van der Waals surface area contributed by atoms with Crippen molar-refractivity contribution < 1.29 is 22.7 Å². The highest BCUT2D eigenvalue weighted by atomic mass is 19.4. The van der Waals surface area contributed by atoms with Crippen LogP contribution in [0.1, 0.15) is 21.5 Å². The van der Waals surface area contributed by atoms with Gasteiger partial charge in [-0.1, -0.05) is 84.9 Å². The predicted octanol–water partition coefficient (Wildman–Crippen LogP) is 8.88. The predicted molar refractivity (Wildman–Crippen MR) is 187 cm³/mol. The largest absolute Gasteiger partial charge is 0.465 e. The second-order valence-electron chi connectivity index (χ2n) is 11.3. The summed E-state index contributed by atoms with van der Waals surface area (Å²) in [5, 5.41) is 4.89. The van der Waals surface area contributed by atoms with Crippen molar-refractivity contribution in [3.05, 3.63) is 167 Å². The number of ether oxygens (including phenoxy) is 1. The molecule has 2 heterocycles. The minimum absolute atomic E-state index is 0.0431. The maximum absolute atomic E-state index is 14.0. The molecule has 7 aromatic rings. The summed E-state index contributed by atoms with van der Waals surface area (Å²) in [6.45, 7) is 0. The van der Waals surface area contributed by atoms with Crippen molar-refractivity contribution in [1.29, 1.82) is 0 Å². The number of nitrogens with zero attached hydrogens (tertiary/aromatic N) is 4. The van der Waals surface area contributed by atoms with Crippen LogP contribution in [0.4, 0.5) is 13.2 Å². The van der Waals surface area contributed by atoms with Crippen molar-refractivity contribution in [2.75, 3.05) is 7.11 Å². The van der Waals surface area contributed by atoms with Gasteiger partial charge in [-0.05, 0) is 65.7 Å². The number of methoxy groups -OCH3 is 1. The van der Waals surface area contributed by atoms with Crippen molar-refractivity contribution >= 4 is 23.1 Å². The number of aromatic nitrogens is 3. The number of para-hydroxylation sites is 1. The molecule has 0 N–H and O–H groups in total. The van der Waals surface area contributed by atoms with Crippen LogP contribution in [-0.4, -0.2) is 33.5 Å². The average Bonchev–Trinajstić information content (AvgIpc) is 3.54. The summed E-state index contributed by atoms with van der Waals surface area (Å²) < 4.78 is 49.2. The molecule has 0 atom stereocenters. The minimum atomic E-state index is -4.60. The van der Waals surface area contributed by atoms with E-state index < -0.39 is 23.3 Å². The summed E-state index contributed by atoms with van der Waals surface area (Å²) in [5.41, 5.74) is 3.96. The third-order valence-corrected chi connectivity index (χ3v) is 8.21. The van der Waals surface area contributed by atoms with Crippen LogP contribution in [0, 0.1) is 0 Å². The molecule has 7 nitrogen and oxygen atoms in total. The van der Waals surface area contributed by atoms with Crippen molar-refractivity contribution in [2.45, 2.75) is 6.18 Å². The molecule has 7 rings (SSSR count). The molecular formula is C40H27F3N4O3. The molecule has 0 fully saturated rings. The maximum Gasteiger partial charge on any atom is 0.416 e. The van der Waals surface area contributed by atoms with E-state index in [1.807, 2.05) is 83.4 Å². The molecule has 0 radical (unpaired) electrons. The van der Waals surface area contributed by atoms with Crippen LogP contribution in [-0.2, 0) is 10.9 Å². The summed E-state index contributed by atoms with van der Waals surface area (Å²) in [5.74, 6) is -0.507. The van der Waals surface area contributed by atoms with Gasteiger partial charge in [0, 0.05) is 16.8 Å². The van der Waals surface area contributed by atoms with E-state index >= 15 is 0 Å². The minimum Gasteiger partial charge on any atom is -0.465 e. The van der Waals surface area contributed by atoms with Crippen LogP contribution in [0.25, 0.3) is 50.5 Å². The molecule has 5 aromatic carbocycles. The van der Waals surface area contributed by atoms with Crippen LogP contribution in [0.15, 0.2) is 149 Å². The first-order chi connectivity index (χ1) is 24.2. The van der Waals surface area contributed by atoms with Gasteiger partial charge in [-0.25, -0.2) is 9.78 Å². The fraction of sp³-hybridized carbons (Fsp3) is 0.0500. The van der Waals surface area contributed by atoms with Gasteiger partial charge < -0.3 is 9.30 Å². The summed E-state index contributed by atoms with van der Waals surface area (Å²) in [7, 11) is 1.32. The summed E-state index contributed by atoms with van der Waals surface area (Å²) in [4.78, 5) is 30.8. The van der Waals surface area contributed by atoms with Crippen LogP contribution >= 0.6 is 0 Å². The quantitative estimate of drug-likeness (QED) is 0.126. The molecule has 0 saturated heterocycles. The van der Waals surface area contributed by atoms with Crippen LogP contribution in [0.2, 0.25) is 0 Å². The van der Waals surface area contributed by atoms with Gasteiger partial charge in [0.25, 0.3) is 5.56 Å². The summed E-state index contributed by atoms with van der Waals surface area (Å²) in [6, 6.07) is 39.5. The first-order valence-corrected chi connectivity index (χ1v) is 15.5. The van der Waals surface area contributed by atoms with Crippen molar-refractivity contribution in [1.82, 2.24) is 14.2 Å². The molecule has 2 aromatic heterocycles. The fourth-order valence-corrected chi connectivity index (χ4v) is 5.85. The SMILES string of the molecule is COC(=O)c1ccc(-n2c(-c3ccccc3)cc(C=Nn3c(-c4cccc(C(F)(F)F)c4)nc4ccccc4c3=O)c2-c2ccccc2)cc1. The monoisotopic (exact) mass is 668 g/mol. The lowest BCUT2D eigenvalue weighted by molar-refractivity contribution is -0.137. The van der Waals surface area contributed by atoms with Gasteiger partial charge in [-0.3, -0.25) is 4.79 Å².